The number of rotatable bonds is 9. The number of alkyl halides is 2. The van der Waals surface area contributed by atoms with E-state index in [4.69, 9.17) is 4.98 Å². The predicted octanol–water partition coefficient (Wildman–Crippen LogP) is 5.09. The molecule has 1 N–H and O–H groups in total. The fourth-order valence-corrected chi connectivity index (χ4v) is 5.40. The van der Waals surface area contributed by atoms with E-state index in [0.717, 1.165) is 18.4 Å². The molecule has 9 nitrogen and oxygen atoms in total. The molecule has 2 aromatic heterocycles. The van der Waals surface area contributed by atoms with Crippen LogP contribution in [0.3, 0.4) is 0 Å². The van der Waals surface area contributed by atoms with Gasteiger partial charge in [0.25, 0.3) is 17.6 Å². The number of Topliss-reactive ketones (excluding diaryl/α,β-unsaturated/α-hetero) is 1. The number of benzene rings is 1. The zero-order chi connectivity index (χ0) is 30.3. The molecule has 0 unspecified atom stereocenters. The third-order valence-electron chi connectivity index (χ3n) is 8.38. The highest BCUT2D eigenvalue weighted by Crippen LogP contribution is 2.40. The van der Waals surface area contributed by atoms with Gasteiger partial charge in [-0.05, 0) is 51.9 Å². The molecule has 2 aliphatic rings. The molecular weight excluding hydrogens is 547 g/mol. The number of likely N-dealkylation sites (N-methyl/N-ethyl adjacent to an activating group) is 1. The summed E-state index contributed by atoms with van der Waals surface area (Å²) in [6.07, 6.45) is 4.60. The van der Waals surface area contributed by atoms with Gasteiger partial charge < -0.3 is 19.7 Å². The summed E-state index contributed by atoms with van der Waals surface area (Å²) in [6, 6.07) is 4.15. The Morgan fingerprint density at radius 3 is 2.50 bits per heavy atom. The number of aromatic nitrogens is 4. The Morgan fingerprint density at radius 2 is 1.83 bits per heavy atom. The molecule has 0 radical (unpaired) electrons. The third kappa shape index (κ3) is 5.51. The van der Waals surface area contributed by atoms with Crippen LogP contribution in [-0.4, -0.2) is 68.8 Å². The van der Waals surface area contributed by atoms with E-state index in [9.17, 15) is 22.8 Å². The number of hydrogen-bond acceptors (Lipinski definition) is 7. The first-order chi connectivity index (χ1) is 19.9. The number of carbonyl (C=O) groups is 2. The number of amides is 1. The van der Waals surface area contributed by atoms with Crippen LogP contribution >= 0.6 is 0 Å². The Morgan fingerprint density at radius 1 is 1.12 bits per heavy atom. The topological polar surface area (TPSA) is 96.2 Å². The monoisotopic (exact) mass is 583 g/mol. The molecule has 0 bridgehead atoms. The Balaban J connectivity index is 1.43. The number of anilines is 2. The van der Waals surface area contributed by atoms with Crippen LogP contribution in [0.25, 0.3) is 11.3 Å². The van der Waals surface area contributed by atoms with Crippen molar-refractivity contribution in [2.24, 2.45) is 5.92 Å². The number of ketones is 1. The molecule has 0 atom stereocenters. The first-order valence-corrected chi connectivity index (χ1v) is 14.3. The van der Waals surface area contributed by atoms with Crippen LogP contribution in [0.2, 0.25) is 0 Å². The van der Waals surface area contributed by atoms with Gasteiger partial charge in [-0.1, -0.05) is 13.8 Å². The molecule has 2 aliphatic heterocycles. The summed E-state index contributed by atoms with van der Waals surface area (Å²) in [6.45, 7) is 9.53. The van der Waals surface area contributed by atoms with Crippen molar-refractivity contribution < 1.29 is 22.8 Å². The van der Waals surface area contributed by atoms with E-state index in [1.807, 2.05) is 18.1 Å². The highest BCUT2D eigenvalue weighted by molar-refractivity contribution is 6.52. The summed E-state index contributed by atoms with van der Waals surface area (Å²) in [5.41, 5.74) is 0.531. The number of imidazole rings is 1. The van der Waals surface area contributed by atoms with Gasteiger partial charge in [-0.2, -0.15) is 0 Å². The normalized spacial score (nSPS) is 16.2. The molecule has 0 spiro atoms. The van der Waals surface area contributed by atoms with Gasteiger partial charge in [0.1, 0.15) is 35.2 Å². The number of halogens is 3. The Bertz CT molecular complexity index is 1500. The third-order valence-corrected chi connectivity index (χ3v) is 8.38. The van der Waals surface area contributed by atoms with Gasteiger partial charge in [0.2, 0.25) is 0 Å². The Hall–Kier alpha value is -3.80. The minimum atomic E-state index is -3.32. The molecule has 12 heteroatoms. The van der Waals surface area contributed by atoms with Crippen molar-refractivity contribution in [1.29, 1.82) is 0 Å². The van der Waals surface area contributed by atoms with Gasteiger partial charge in [0.15, 0.2) is 0 Å². The molecular formula is C30H36F3N7O2. The lowest BCUT2D eigenvalue weighted by Crippen LogP contribution is -2.35. The lowest BCUT2D eigenvalue weighted by molar-refractivity contribution is -0.112. The number of carbonyl (C=O) groups excluding carboxylic acids is 2. The van der Waals surface area contributed by atoms with Crippen LogP contribution in [0.1, 0.15) is 68.2 Å². The van der Waals surface area contributed by atoms with Crippen LogP contribution in [0.15, 0.2) is 30.7 Å². The fourth-order valence-electron chi connectivity index (χ4n) is 5.40. The highest BCUT2D eigenvalue weighted by Gasteiger charge is 2.39. The van der Waals surface area contributed by atoms with Gasteiger partial charge in [-0.15, -0.1) is 0 Å². The number of fused-ring (bicyclic) bond motifs is 1. The zero-order valence-electron chi connectivity index (χ0n) is 24.5. The second-order valence-electron chi connectivity index (χ2n) is 11.7. The smallest absolute Gasteiger partial charge is 0.298 e. The molecule has 1 saturated heterocycles. The Labute approximate surface area is 243 Å². The number of nitrogens with one attached hydrogen (secondary N) is 1. The van der Waals surface area contributed by atoms with Gasteiger partial charge in [0.05, 0.1) is 11.3 Å². The van der Waals surface area contributed by atoms with E-state index in [2.05, 4.69) is 38.6 Å². The fraction of sp³-hybridized carbons (Fsp3) is 0.500. The zero-order valence-corrected chi connectivity index (χ0v) is 24.5. The van der Waals surface area contributed by atoms with Gasteiger partial charge in [-0.25, -0.2) is 28.1 Å². The van der Waals surface area contributed by atoms with E-state index >= 15 is 0 Å². The maximum atomic E-state index is 14.9. The average molecular weight is 584 g/mol. The lowest BCUT2D eigenvalue weighted by atomic mass is 9.95. The molecule has 4 heterocycles. The standard InChI is InChI=1S/C30H36F3N7O2/c1-17(2)30(32,33)21-14-20(6-7-22(21)31)23-15-40(13-12-38(5)18(3)4)27(36-23)19-8-10-39(11-9-19)28-24-25(41)29(42)37-26(24)34-16-35-28/h6-7,14-19H,8-13H2,1-5H3,(H,34,35,37,41,42). The summed E-state index contributed by atoms with van der Waals surface area (Å²) in [7, 11) is 2.04. The highest BCUT2D eigenvalue weighted by atomic mass is 19.3. The van der Waals surface area contributed by atoms with Crippen molar-refractivity contribution >= 4 is 23.3 Å². The van der Waals surface area contributed by atoms with E-state index < -0.39 is 34.9 Å². The summed E-state index contributed by atoms with van der Waals surface area (Å²) in [5.74, 6) is -5.10. The van der Waals surface area contributed by atoms with Crippen molar-refractivity contribution in [3.8, 4) is 11.3 Å². The molecule has 0 saturated carbocycles. The first-order valence-electron chi connectivity index (χ1n) is 14.3. The summed E-state index contributed by atoms with van der Waals surface area (Å²) >= 11 is 0. The van der Waals surface area contributed by atoms with Crippen molar-refractivity contribution in [2.45, 2.75) is 65.0 Å². The minimum absolute atomic E-state index is 0.0572. The molecule has 3 aromatic rings. The van der Waals surface area contributed by atoms with Crippen LogP contribution in [0.4, 0.5) is 24.8 Å². The number of piperidine rings is 1. The van der Waals surface area contributed by atoms with Gasteiger partial charge >= 0.3 is 0 Å². The number of nitrogens with zero attached hydrogens (tertiary/aromatic N) is 6. The average Bonchev–Trinajstić information content (AvgIpc) is 3.52. The maximum absolute atomic E-state index is 14.9. The maximum Gasteiger partial charge on any atom is 0.298 e. The van der Waals surface area contributed by atoms with Crippen molar-refractivity contribution in [1.82, 2.24) is 24.4 Å². The van der Waals surface area contributed by atoms with Crippen LogP contribution in [-0.2, 0) is 17.3 Å². The SMILES string of the molecule is CC(C)N(C)CCn1cc(-c2ccc(F)c(C(F)(F)C(C)C)c2)nc1C1CCN(c2ncnc3c2C(=O)C(=O)N3)CC1. The molecule has 224 valence electrons. The number of hydrogen-bond donors (Lipinski definition) is 1. The predicted molar refractivity (Wildman–Crippen MR) is 153 cm³/mol. The van der Waals surface area contributed by atoms with Gasteiger partial charge in [0, 0.05) is 55.8 Å². The Kier molecular flexibility index (Phi) is 8.10. The molecule has 5 rings (SSSR count). The van der Waals surface area contributed by atoms with E-state index in [0.29, 0.717) is 55.6 Å². The quantitative estimate of drug-likeness (QED) is 0.351. The molecule has 1 aromatic carbocycles. The molecule has 0 aliphatic carbocycles. The van der Waals surface area contributed by atoms with E-state index in [1.165, 1.54) is 32.3 Å². The second kappa shape index (κ2) is 11.5. The van der Waals surface area contributed by atoms with Crippen molar-refractivity contribution in [3.05, 3.63) is 53.5 Å². The largest absolute Gasteiger partial charge is 0.356 e. The molecule has 1 amide bonds. The summed E-state index contributed by atoms with van der Waals surface area (Å²) in [4.78, 5) is 41.8. The van der Waals surface area contributed by atoms with Crippen LogP contribution in [0, 0.1) is 11.7 Å². The first kappa shape index (κ1) is 29.7. The van der Waals surface area contributed by atoms with Gasteiger partial charge in [-0.3, -0.25) is 9.59 Å². The second-order valence-corrected chi connectivity index (χ2v) is 11.7. The van der Waals surface area contributed by atoms with Crippen molar-refractivity contribution in [3.63, 3.8) is 0 Å². The minimum Gasteiger partial charge on any atom is -0.356 e. The van der Waals surface area contributed by atoms with Crippen LogP contribution < -0.4 is 10.2 Å². The lowest BCUT2D eigenvalue weighted by Gasteiger charge is -2.33. The van der Waals surface area contributed by atoms with Crippen molar-refractivity contribution in [2.75, 3.05) is 36.9 Å². The van der Waals surface area contributed by atoms with E-state index in [1.54, 1.807) is 0 Å². The van der Waals surface area contributed by atoms with Crippen LogP contribution in [0.5, 0.6) is 0 Å². The summed E-state index contributed by atoms with van der Waals surface area (Å²) in [5, 5.41) is 2.49. The van der Waals surface area contributed by atoms with E-state index in [-0.39, 0.29) is 17.3 Å². The summed E-state index contributed by atoms with van der Waals surface area (Å²) < 4.78 is 46.4. The molecule has 42 heavy (non-hydrogen) atoms. The molecule has 1 fully saturated rings.